The number of halogens is 1. The molecule has 0 aromatic heterocycles. The summed E-state index contributed by atoms with van der Waals surface area (Å²) in [5.74, 6) is -0.0363. The topological polar surface area (TPSA) is 52.7 Å². The Morgan fingerprint density at radius 3 is 2.28 bits per heavy atom. The Hall–Kier alpha value is -2.18. The molecule has 29 heavy (non-hydrogen) atoms. The average molecular weight is 458 g/mol. The Bertz CT molecular complexity index is 803. The third-order valence-electron chi connectivity index (χ3n) is 5.31. The van der Waals surface area contributed by atoms with E-state index < -0.39 is 0 Å². The maximum absolute atomic E-state index is 12.9. The number of piperazine rings is 1. The summed E-state index contributed by atoms with van der Waals surface area (Å²) in [4.78, 5) is 28.8. The Morgan fingerprint density at radius 1 is 1.00 bits per heavy atom. The lowest BCUT2D eigenvalue weighted by Gasteiger charge is -2.35. The van der Waals surface area contributed by atoms with Crippen LogP contribution < -0.4 is 5.32 Å². The molecule has 1 saturated heterocycles. The molecular formula is C23H28BrN3O2. The standard InChI is InChI=1S/C23H28BrN3O2/c1-18(28)25-22(20-7-9-21(24)10-8-20)17-23(29)27-15-13-26(14-16-27)12-11-19-5-3-2-4-6-19/h2-10,22H,11-17H2,1H3,(H,25,28). The first kappa shape index (κ1) is 21.5. The number of carbonyl (C=O) groups excluding carboxylic acids is 2. The minimum Gasteiger partial charge on any atom is -0.349 e. The van der Waals surface area contributed by atoms with Crippen LogP contribution in [0.3, 0.4) is 0 Å². The third-order valence-corrected chi connectivity index (χ3v) is 5.84. The lowest BCUT2D eigenvalue weighted by molar-refractivity contribution is -0.133. The maximum atomic E-state index is 12.9. The zero-order chi connectivity index (χ0) is 20.6. The lowest BCUT2D eigenvalue weighted by atomic mass is 10.0. The number of hydrogen-bond acceptors (Lipinski definition) is 3. The first-order valence-corrected chi connectivity index (χ1v) is 10.9. The van der Waals surface area contributed by atoms with Gasteiger partial charge >= 0.3 is 0 Å². The monoisotopic (exact) mass is 457 g/mol. The number of rotatable bonds is 7. The van der Waals surface area contributed by atoms with E-state index in [2.05, 4.69) is 50.4 Å². The van der Waals surface area contributed by atoms with Gasteiger partial charge in [0.2, 0.25) is 11.8 Å². The SMILES string of the molecule is CC(=O)NC(CC(=O)N1CCN(CCc2ccccc2)CC1)c1ccc(Br)cc1. The zero-order valence-electron chi connectivity index (χ0n) is 16.8. The molecule has 1 heterocycles. The van der Waals surface area contributed by atoms with Crippen LogP contribution in [0.15, 0.2) is 59.1 Å². The molecule has 154 valence electrons. The summed E-state index contributed by atoms with van der Waals surface area (Å²) in [6.45, 7) is 5.76. The van der Waals surface area contributed by atoms with Gasteiger partial charge in [-0.05, 0) is 29.7 Å². The molecule has 6 heteroatoms. The highest BCUT2D eigenvalue weighted by atomic mass is 79.9. The fraction of sp³-hybridized carbons (Fsp3) is 0.391. The summed E-state index contributed by atoms with van der Waals surface area (Å²) in [5, 5.41) is 2.92. The van der Waals surface area contributed by atoms with Crippen molar-refractivity contribution in [3.63, 3.8) is 0 Å². The molecule has 2 amide bonds. The van der Waals surface area contributed by atoms with Gasteiger partial charge in [-0.1, -0.05) is 58.4 Å². The summed E-state index contributed by atoms with van der Waals surface area (Å²) in [6.07, 6.45) is 1.31. The molecule has 1 unspecified atom stereocenters. The lowest BCUT2D eigenvalue weighted by Crippen LogP contribution is -2.49. The van der Waals surface area contributed by atoms with E-state index in [0.29, 0.717) is 0 Å². The quantitative estimate of drug-likeness (QED) is 0.692. The average Bonchev–Trinajstić information content (AvgIpc) is 2.73. The maximum Gasteiger partial charge on any atom is 0.225 e. The van der Waals surface area contributed by atoms with Crippen LogP contribution in [-0.4, -0.2) is 54.3 Å². The van der Waals surface area contributed by atoms with Crippen LogP contribution in [0.4, 0.5) is 0 Å². The second kappa shape index (κ2) is 10.6. The molecule has 0 radical (unpaired) electrons. The van der Waals surface area contributed by atoms with E-state index in [-0.39, 0.29) is 24.3 Å². The highest BCUT2D eigenvalue weighted by Crippen LogP contribution is 2.21. The van der Waals surface area contributed by atoms with Gasteiger partial charge in [-0.15, -0.1) is 0 Å². The fourth-order valence-corrected chi connectivity index (χ4v) is 3.91. The van der Waals surface area contributed by atoms with Gasteiger partial charge in [-0.25, -0.2) is 0 Å². The predicted molar refractivity (Wildman–Crippen MR) is 118 cm³/mol. The number of amides is 2. The van der Waals surface area contributed by atoms with E-state index in [1.54, 1.807) is 0 Å². The van der Waals surface area contributed by atoms with E-state index in [1.807, 2.05) is 35.2 Å². The number of nitrogens with one attached hydrogen (secondary N) is 1. The first-order valence-electron chi connectivity index (χ1n) is 10.1. The zero-order valence-corrected chi connectivity index (χ0v) is 18.4. The van der Waals surface area contributed by atoms with Gasteiger partial charge in [0.15, 0.2) is 0 Å². The highest BCUT2D eigenvalue weighted by Gasteiger charge is 2.24. The normalized spacial score (nSPS) is 15.7. The van der Waals surface area contributed by atoms with E-state index in [1.165, 1.54) is 12.5 Å². The van der Waals surface area contributed by atoms with Crippen LogP contribution in [0.25, 0.3) is 0 Å². The number of nitrogens with zero attached hydrogens (tertiary/aromatic N) is 2. The summed E-state index contributed by atoms with van der Waals surface area (Å²) in [5.41, 5.74) is 2.29. The van der Waals surface area contributed by atoms with E-state index >= 15 is 0 Å². The van der Waals surface area contributed by atoms with Crippen molar-refractivity contribution in [1.29, 1.82) is 0 Å². The van der Waals surface area contributed by atoms with Crippen molar-refractivity contribution < 1.29 is 9.59 Å². The minimum atomic E-state index is -0.302. The Labute approximate surface area is 181 Å². The van der Waals surface area contributed by atoms with E-state index in [4.69, 9.17) is 0 Å². The van der Waals surface area contributed by atoms with Gasteiger partial charge in [0.25, 0.3) is 0 Å². The number of carbonyl (C=O) groups is 2. The first-order chi connectivity index (χ1) is 14.0. The van der Waals surface area contributed by atoms with Crippen molar-refractivity contribution in [3.8, 4) is 0 Å². The molecule has 1 atom stereocenters. The van der Waals surface area contributed by atoms with Crippen LogP contribution in [0.1, 0.15) is 30.5 Å². The summed E-state index contributed by atoms with van der Waals surface area (Å²) in [7, 11) is 0. The second-order valence-electron chi connectivity index (χ2n) is 7.47. The van der Waals surface area contributed by atoms with Crippen LogP contribution in [0.5, 0.6) is 0 Å². The molecule has 5 nitrogen and oxygen atoms in total. The summed E-state index contributed by atoms with van der Waals surface area (Å²) < 4.78 is 0.973. The van der Waals surface area contributed by atoms with Crippen LogP contribution >= 0.6 is 15.9 Å². The van der Waals surface area contributed by atoms with Gasteiger partial charge in [0, 0.05) is 44.1 Å². The molecule has 3 rings (SSSR count). The molecule has 0 aliphatic carbocycles. The number of benzene rings is 2. The van der Waals surface area contributed by atoms with Gasteiger partial charge in [0.05, 0.1) is 12.5 Å². The third kappa shape index (κ3) is 6.68. The molecule has 2 aromatic rings. The molecule has 1 aliphatic rings. The molecule has 1 fully saturated rings. The second-order valence-corrected chi connectivity index (χ2v) is 8.38. The van der Waals surface area contributed by atoms with Crippen molar-refractivity contribution in [2.75, 3.05) is 32.7 Å². The summed E-state index contributed by atoms with van der Waals surface area (Å²) >= 11 is 3.42. The molecule has 1 aliphatic heterocycles. The molecule has 0 spiro atoms. The van der Waals surface area contributed by atoms with Crippen LogP contribution in [-0.2, 0) is 16.0 Å². The Morgan fingerprint density at radius 2 is 1.66 bits per heavy atom. The van der Waals surface area contributed by atoms with Crippen molar-refractivity contribution in [2.45, 2.75) is 25.8 Å². The largest absolute Gasteiger partial charge is 0.349 e. The van der Waals surface area contributed by atoms with Crippen molar-refractivity contribution in [1.82, 2.24) is 15.1 Å². The molecule has 2 aromatic carbocycles. The predicted octanol–water partition coefficient (Wildman–Crippen LogP) is 3.40. The van der Waals surface area contributed by atoms with Crippen LogP contribution in [0.2, 0.25) is 0 Å². The van der Waals surface area contributed by atoms with E-state index in [9.17, 15) is 9.59 Å². The molecule has 0 saturated carbocycles. The number of hydrogen-bond donors (Lipinski definition) is 1. The molecule has 0 bridgehead atoms. The van der Waals surface area contributed by atoms with Gasteiger partial charge in [0.1, 0.15) is 0 Å². The van der Waals surface area contributed by atoms with Crippen molar-refractivity contribution in [3.05, 3.63) is 70.2 Å². The Balaban J connectivity index is 1.50. The van der Waals surface area contributed by atoms with E-state index in [0.717, 1.165) is 49.2 Å². The van der Waals surface area contributed by atoms with Crippen molar-refractivity contribution >= 4 is 27.7 Å². The summed E-state index contributed by atoms with van der Waals surface area (Å²) in [6, 6.07) is 17.9. The van der Waals surface area contributed by atoms with Crippen LogP contribution in [0, 0.1) is 0 Å². The molecular weight excluding hydrogens is 430 g/mol. The Kier molecular flexibility index (Phi) is 7.83. The highest BCUT2D eigenvalue weighted by molar-refractivity contribution is 9.10. The molecule has 1 N–H and O–H groups in total. The smallest absolute Gasteiger partial charge is 0.225 e. The fourth-order valence-electron chi connectivity index (χ4n) is 3.65. The van der Waals surface area contributed by atoms with Gasteiger partial charge < -0.3 is 10.2 Å². The minimum absolute atomic E-state index is 0.0920. The van der Waals surface area contributed by atoms with Gasteiger partial charge in [-0.2, -0.15) is 0 Å². The van der Waals surface area contributed by atoms with Crippen molar-refractivity contribution in [2.24, 2.45) is 0 Å². The van der Waals surface area contributed by atoms with Gasteiger partial charge in [-0.3, -0.25) is 14.5 Å².